The van der Waals surface area contributed by atoms with E-state index in [-0.39, 0.29) is 58.8 Å². The van der Waals surface area contributed by atoms with Crippen molar-refractivity contribution in [2.75, 3.05) is 37.9 Å². The summed E-state index contributed by atoms with van der Waals surface area (Å²) in [6, 6.07) is 7.29. The average Bonchev–Trinajstić information content (AvgIpc) is 3.39. The van der Waals surface area contributed by atoms with Crippen LogP contribution in [0.3, 0.4) is 0 Å². The Hall–Kier alpha value is -4.64. The number of hydrogen-bond donors (Lipinski definition) is 3. The Morgan fingerprint density at radius 2 is 1.80 bits per heavy atom. The lowest BCUT2D eigenvalue weighted by Gasteiger charge is -2.23. The van der Waals surface area contributed by atoms with Gasteiger partial charge in [-0.05, 0) is 37.0 Å². The van der Waals surface area contributed by atoms with Crippen molar-refractivity contribution in [2.45, 2.75) is 46.1 Å². The summed E-state index contributed by atoms with van der Waals surface area (Å²) < 4.78 is 16.6. The minimum atomic E-state index is -1.03. The fourth-order valence-corrected chi connectivity index (χ4v) is 4.27. The smallest absolute Gasteiger partial charge is 0.407 e. The number of anilines is 2. The highest BCUT2D eigenvalue weighted by Gasteiger charge is 2.23. The van der Waals surface area contributed by atoms with Crippen molar-refractivity contribution in [2.24, 2.45) is 0 Å². The van der Waals surface area contributed by atoms with E-state index in [4.69, 9.17) is 14.2 Å². The van der Waals surface area contributed by atoms with E-state index < -0.39 is 12.0 Å². The molecule has 0 aliphatic rings. The summed E-state index contributed by atoms with van der Waals surface area (Å²) in [5, 5.41) is 26.1. The number of amides is 2. The first-order valence-corrected chi connectivity index (χ1v) is 13.5. The molecule has 41 heavy (non-hydrogen) atoms. The molecule has 2 heterocycles. The number of carbonyl (C=O) groups excluding carboxylic acids is 1. The van der Waals surface area contributed by atoms with Crippen LogP contribution in [0.15, 0.2) is 23.6 Å². The quantitative estimate of drug-likeness (QED) is 0.278. The van der Waals surface area contributed by atoms with Gasteiger partial charge in [0.15, 0.2) is 5.69 Å². The summed E-state index contributed by atoms with van der Waals surface area (Å²) >= 11 is 1.10. The molecule has 0 bridgehead atoms. The van der Waals surface area contributed by atoms with Gasteiger partial charge in [-0.25, -0.2) is 4.79 Å². The lowest BCUT2D eigenvalue weighted by molar-refractivity contribution is 0.102. The largest absolute Gasteiger partial charge is 0.479 e. The van der Waals surface area contributed by atoms with Gasteiger partial charge in [-0.3, -0.25) is 4.79 Å². The number of ether oxygens (including phenoxy) is 3. The van der Waals surface area contributed by atoms with Crippen molar-refractivity contribution in [1.29, 1.82) is 5.26 Å². The zero-order valence-corrected chi connectivity index (χ0v) is 24.8. The summed E-state index contributed by atoms with van der Waals surface area (Å²) in [5.41, 5.74) is 1.32. The van der Waals surface area contributed by atoms with Gasteiger partial charge in [0, 0.05) is 24.5 Å². The van der Waals surface area contributed by atoms with Crippen LogP contribution in [0.4, 0.5) is 16.4 Å². The lowest BCUT2D eigenvalue weighted by atomic mass is 9.86. The Balaban J connectivity index is 1.77. The van der Waals surface area contributed by atoms with Crippen LogP contribution in [0, 0.1) is 11.3 Å². The Bertz CT molecular complexity index is 1420. The monoisotopic (exact) mass is 583 g/mol. The molecule has 0 aliphatic carbocycles. The minimum absolute atomic E-state index is 0.0241. The minimum Gasteiger partial charge on any atom is -0.479 e. The number of nitrogens with zero attached hydrogens (tertiary/aromatic N) is 5. The molecular formula is C27H33N7O6S. The summed E-state index contributed by atoms with van der Waals surface area (Å²) in [7, 11) is 2.75. The second kappa shape index (κ2) is 13.1. The molecule has 3 N–H and O–H groups in total. The number of nitrogens with one attached hydrogen (secondary N) is 2. The van der Waals surface area contributed by atoms with Gasteiger partial charge < -0.3 is 34.9 Å². The Labute approximate surface area is 242 Å². The van der Waals surface area contributed by atoms with Gasteiger partial charge >= 0.3 is 6.09 Å². The SMILES string of the molecule is COc1nc(NCCN(C(=O)O)C(C)C)nc(OC)c1NC(=O)c1csc(Oc2cc(C(C)(C)C)ccc2C#N)n1. The predicted molar refractivity (Wildman–Crippen MR) is 153 cm³/mol. The second-order valence-corrected chi connectivity index (χ2v) is 10.9. The van der Waals surface area contributed by atoms with E-state index in [9.17, 15) is 20.0 Å². The van der Waals surface area contributed by atoms with Crippen molar-refractivity contribution in [3.8, 4) is 28.8 Å². The van der Waals surface area contributed by atoms with Crippen LogP contribution in [0.5, 0.6) is 22.7 Å². The Morgan fingerprint density at radius 1 is 1.15 bits per heavy atom. The number of carboxylic acid groups (broad SMARTS) is 1. The zero-order chi connectivity index (χ0) is 30.3. The van der Waals surface area contributed by atoms with E-state index in [0.29, 0.717) is 11.3 Å². The van der Waals surface area contributed by atoms with Crippen molar-refractivity contribution < 1.29 is 28.9 Å². The summed E-state index contributed by atoms with van der Waals surface area (Å²) in [6.07, 6.45) is -1.03. The number of carbonyl (C=O) groups is 2. The number of methoxy groups -OCH3 is 2. The fraction of sp³-hybridized carbons (Fsp3) is 0.407. The third kappa shape index (κ3) is 7.73. The Morgan fingerprint density at radius 3 is 2.34 bits per heavy atom. The number of nitriles is 1. The lowest BCUT2D eigenvalue weighted by Crippen LogP contribution is -2.39. The molecule has 218 valence electrons. The van der Waals surface area contributed by atoms with Crippen LogP contribution in [-0.4, -0.2) is 70.3 Å². The third-order valence-corrected chi connectivity index (χ3v) is 6.57. The van der Waals surface area contributed by atoms with Crippen molar-refractivity contribution >= 4 is 35.0 Å². The molecule has 0 radical (unpaired) electrons. The number of rotatable bonds is 11. The van der Waals surface area contributed by atoms with Gasteiger partial charge in [-0.2, -0.15) is 20.2 Å². The molecule has 0 saturated heterocycles. The molecule has 3 aromatic rings. The maximum atomic E-state index is 13.1. The third-order valence-electron chi connectivity index (χ3n) is 5.85. The topological polar surface area (TPSA) is 172 Å². The average molecular weight is 584 g/mol. The molecule has 0 saturated carbocycles. The van der Waals surface area contributed by atoms with Gasteiger partial charge in [0.05, 0.1) is 19.8 Å². The summed E-state index contributed by atoms with van der Waals surface area (Å²) in [6.45, 7) is 10.1. The molecule has 14 heteroatoms. The Kier molecular flexibility index (Phi) is 9.90. The van der Waals surface area contributed by atoms with Gasteiger partial charge in [-0.15, -0.1) is 0 Å². The van der Waals surface area contributed by atoms with E-state index in [1.54, 1.807) is 26.0 Å². The first kappa shape index (κ1) is 30.9. The first-order chi connectivity index (χ1) is 19.4. The molecule has 0 aliphatic heterocycles. The predicted octanol–water partition coefficient (Wildman–Crippen LogP) is 4.96. The van der Waals surface area contributed by atoms with E-state index >= 15 is 0 Å². The molecule has 0 unspecified atom stereocenters. The molecule has 0 spiro atoms. The van der Waals surface area contributed by atoms with Crippen LogP contribution in [0.25, 0.3) is 0 Å². The van der Waals surface area contributed by atoms with Crippen molar-refractivity contribution in [3.05, 3.63) is 40.4 Å². The standard InChI is InChI=1S/C27H33N7O6S/c1-15(2)34(26(36)37)11-10-29-24-32-22(38-6)20(23(33-24)39-7)31-21(35)18-14-41-25(30-18)40-19-12-17(27(3,4)5)9-8-16(19)13-28/h8-9,12,14-15H,10-11H2,1-7H3,(H,31,35)(H,36,37)(H,29,32,33). The molecule has 1 aromatic carbocycles. The van der Waals surface area contributed by atoms with Crippen molar-refractivity contribution in [3.63, 3.8) is 0 Å². The normalized spacial score (nSPS) is 11.0. The van der Waals surface area contributed by atoms with Crippen LogP contribution in [0.2, 0.25) is 0 Å². The molecule has 2 aromatic heterocycles. The molecule has 0 fully saturated rings. The fourth-order valence-electron chi connectivity index (χ4n) is 3.61. The highest BCUT2D eigenvalue weighted by Crippen LogP contribution is 2.35. The summed E-state index contributed by atoms with van der Waals surface area (Å²) in [5.74, 6) is -0.0659. The second-order valence-electron chi connectivity index (χ2n) is 10.1. The molecule has 3 rings (SSSR count). The van der Waals surface area contributed by atoms with E-state index in [2.05, 4.69) is 52.4 Å². The molecule has 0 atom stereocenters. The van der Waals surface area contributed by atoms with Crippen LogP contribution >= 0.6 is 11.3 Å². The number of benzene rings is 1. The maximum Gasteiger partial charge on any atom is 0.407 e. The highest BCUT2D eigenvalue weighted by molar-refractivity contribution is 7.11. The van der Waals surface area contributed by atoms with Crippen LogP contribution in [-0.2, 0) is 5.41 Å². The van der Waals surface area contributed by atoms with E-state index in [1.807, 2.05) is 6.07 Å². The highest BCUT2D eigenvalue weighted by atomic mass is 32.1. The number of thiazole rings is 1. The number of aromatic nitrogens is 3. The van der Waals surface area contributed by atoms with Crippen LogP contribution in [0.1, 0.15) is 56.2 Å². The maximum absolute atomic E-state index is 13.1. The van der Waals surface area contributed by atoms with Gasteiger partial charge in [0.1, 0.15) is 17.5 Å². The van der Waals surface area contributed by atoms with Gasteiger partial charge in [-0.1, -0.05) is 38.2 Å². The zero-order valence-electron chi connectivity index (χ0n) is 23.9. The van der Waals surface area contributed by atoms with Crippen molar-refractivity contribution in [1.82, 2.24) is 19.9 Å². The molecule has 2 amide bonds. The van der Waals surface area contributed by atoms with E-state index in [1.165, 1.54) is 24.5 Å². The van der Waals surface area contributed by atoms with Gasteiger partial charge in [0.25, 0.3) is 11.1 Å². The van der Waals surface area contributed by atoms with E-state index in [0.717, 1.165) is 16.9 Å². The first-order valence-electron chi connectivity index (χ1n) is 12.6. The van der Waals surface area contributed by atoms with Crippen LogP contribution < -0.4 is 24.8 Å². The molecular weight excluding hydrogens is 550 g/mol. The number of hydrogen-bond acceptors (Lipinski definition) is 11. The summed E-state index contributed by atoms with van der Waals surface area (Å²) in [4.78, 5) is 38.5. The van der Waals surface area contributed by atoms with Gasteiger partial charge in [0.2, 0.25) is 17.7 Å². The molecule has 13 nitrogen and oxygen atoms in total.